The molecule has 6 heteroatoms. The molecule has 30 heavy (non-hydrogen) atoms. The molecule has 1 aliphatic rings. The summed E-state index contributed by atoms with van der Waals surface area (Å²) in [5.41, 5.74) is 5.02. The van der Waals surface area contributed by atoms with Gasteiger partial charge in [-0.3, -0.25) is 9.67 Å². The second-order valence-electron chi connectivity index (χ2n) is 7.54. The van der Waals surface area contributed by atoms with Crippen LogP contribution in [0.25, 0.3) is 0 Å². The summed E-state index contributed by atoms with van der Waals surface area (Å²) in [7, 11) is 1.84. The Kier molecular flexibility index (Phi) is 6.44. The first-order valence-corrected chi connectivity index (χ1v) is 10.4. The molecule has 1 saturated heterocycles. The van der Waals surface area contributed by atoms with Crippen LogP contribution in [0.3, 0.4) is 0 Å². The van der Waals surface area contributed by atoms with Gasteiger partial charge in [0.15, 0.2) is 5.96 Å². The average Bonchev–Trinajstić information content (AvgIpc) is 3.29. The molecule has 1 aliphatic heterocycles. The number of morpholine rings is 1. The number of ether oxygens (including phenoxy) is 1. The van der Waals surface area contributed by atoms with E-state index < -0.39 is 0 Å². The smallest absolute Gasteiger partial charge is 0.194 e. The number of nitrogens with zero attached hydrogens (tertiary/aromatic N) is 4. The molecule has 3 aromatic rings. The molecule has 1 unspecified atom stereocenters. The van der Waals surface area contributed by atoms with Gasteiger partial charge < -0.3 is 15.0 Å². The third kappa shape index (κ3) is 4.71. The van der Waals surface area contributed by atoms with E-state index in [2.05, 4.69) is 75.8 Å². The summed E-state index contributed by atoms with van der Waals surface area (Å²) >= 11 is 0. The Morgan fingerprint density at radius 3 is 2.70 bits per heavy atom. The number of aliphatic imine (C=N–C) groups is 1. The summed E-state index contributed by atoms with van der Waals surface area (Å²) in [5.74, 6) is 0.908. The van der Waals surface area contributed by atoms with Gasteiger partial charge in [-0.1, -0.05) is 48.5 Å². The Morgan fingerprint density at radius 1 is 1.13 bits per heavy atom. The summed E-state index contributed by atoms with van der Waals surface area (Å²) in [6.45, 7) is 5.93. The fourth-order valence-electron chi connectivity index (χ4n) is 3.94. The highest BCUT2D eigenvalue weighted by atomic mass is 16.5. The van der Waals surface area contributed by atoms with Crippen molar-refractivity contribution in [2.45, 2.75) is 26.1 Å². The average molecular weight is 404 g/mol. The minimum Gasteiger partial charge on any atom is -0.370 e. The van der Waals surface area contributed by atoms with E-state index in [9.17, 15) is 0 Å². The molecule has 0 bridgehead atoms. The van der Waals surface area contributed by atoms with Crippen LogP contribution in [0.4, 0.5) is 0 Å². The fourth-order valence-corrected chi connectivity index (χ4v) is 3.94. The minimum atomic E-state index is 0.0607. The lowest BCUT2D eigenvalue weighted by atomic mass is 10.0. The van der Waals surface area contributed by atoms with Crippen LogP contribution in [0, 0.1) is 6.92 Å². The van der Waals surface area contributed by atoms with E-state index in [0.717, 1.165) is 32.1 Å². The predicted octanol–water partition coefficient (Wildman–Crippen LogP) is 3.39. The van der Waals surface area contributed by atoms with Gasteiger partial charge in [-0.15, -0.1) is 0 Å². The molecule has 1 N–H and O–H groups in total. The van der Waals surface area contributed by atoms with Crippen LogP contribution < -0.4 is 5.32 Å². The summed E-state index contributed by atoms with van der Waals surface area (Å²) in [5, 5.41) is 7.88. The zero-order chi connectivity index (χ0) is 20.8. The van der Waals surface area contributed by atoms with E-state index in [1.165, 1.54) is 22.3 Å². The SMILES string of the molecule is CN=C(NCc1ccccc1Cn1cccn1)N1CCOC(c2ccccc2C)C1. The van der Waals surface area contributed by atoms with Gasteiger partial charge >= 0.3 is 0 Å². The molecule has 156 valence electrons. The minimum absolute atomic E-state index is 0.0607. The van der Waals surface area contributed by atoms with Crippen LogP contribution >= 0.6 is 0 Å². The number of hydrogen-bond acceptors (Lipinski definition) is 3. The maximum absolute atomic E-state index is 6.08. The molecular formula is C24H29N5O. The lowest BCUT2D eigenvalue weighted by Crippen LogP contribution is -2.48. The zero-order valence-corrected chi connectivity index (χ0v) is 17.7. The van der Waals surface area contributed by atoms with Crippen LogP contribution in [0.1, 0.15) is 28.4 Å². The second kappa shape index (κ2) is 9.59. The number of nitrogens with one attached hydrogen (secondary N) is 1. The van der Waals surface area contributed by atoms with E-state index in [0.29, 0.717) is 6.61 Å². The first-order valence-electron chi connectivity index (χ1n) is 10.4. The number of guanidine groups is 1. The normalized spacial score (nSPS) is 17.2. The van der Waals surface area contributed by atoms with Crippen molar-refractivity contribution in [2.75, 3.05) is 26.7 Å². The van der Waals surface area contributed by atoms with Crippen molar-refractivity contribution >= 4 is 5.96 Å². The summed E-state index contributed by atoms with van der Waals surface area (Å²) in [6, 6.07) is 18.9. The van der Waals surface area contributed by atoms with Gasteiger partial charge in [-0.05, 0) is 35.2 Å². The predicted molar refractivity (Wildman–Crippen MR) is 119 cm³/mol. The molecular weight excluding hydrogens is 374 g/mol. The highest BCUT2D eigenvalue weighted by Gasteiger charge is 2.25. The molecule has 1 atom stereocenters. The van der Waals surface area contributed by atoms with Crippen LogP contribution in [0.2, 0.25) is 0 Å². The number of benzene rings is 2. The van der Waals surface area contributed by atoms with Crippen molar-refractivity contribution in [3.05, 3.63) is 89.2 Å². The highest BCUT2D eigenvalue weighted by Crippen LogP contribution is 2.25. The Bertz CT molecular complexity index is 983. The van der Waals surface area contributed by atoms with Gasteiger partial charge in [0.05, 0.1) is 19.7 Å². The van der Waals surface area contributed by atoms with Gasteiger partial charge in [-0.2, -0.15) is 5.10 Å². The molecule has 1 aromatic heterocycles. The maximum atomic E-state index is 6.08. The molecule has 2 heterocycles. The summed E-state index contributed by atoms with van der Waals surface area (Å²) < 4.78 is 8.02. The standard InChI is InChI=1S/C24H29N5O/c1-19-8-3-6-11-22(19)23-18-28(14-15-30-23)24(25-2)26-16-20-9-4-5-10-21(20)17-29-13-7-12-27-29/h3-13,23H,14-18H2,1-2H3,(H,25,26). The van der Waals surface area contributed by atoms with Crippen LogP contribution in [0.15, 0.2) is 72.0 Å². The summed E-state index contributed by atoms with van der Waals surface area (Å²) in [4.78, 5) is 6.83. The number of hydrogen-bond donors (Lipinski definition) is 1. The largest absolute Gasteiger partial charge is 0.370 e. The lowest BCUT2D eigenvalue weighted by Gasteiger charge is -2.35. The Hall–Kier alpha value is -3.12. The van der Waals surface area contributed by atoms with E-state index in [-0.39, 0.29) is 6.10 Å². The van der Waals surface area contributed by atoms with E-state index in [1.807, 2.05) is 30.2 Å². The molecule has 0 saturated carbocycles. The van der Waals surface area contributed by atoms with Crippen molar-refractivity contribution in [2.24, 2.45) is 4.99 Å². The zero-order valence-electron chi connectivity index (χ0n) is 17.7. The monoisotopic (exact) mass is 403 g/mol. The van der Waals surface area contributed by atoms with E-state index in [1.54, 1.807) is 0 Å². The van der Waals surface area contributed by atoms with Crippen LogP contribution in [-0.4, -0.2) is 47.4 Å². The molecule has 0 spiro atoms. The lowest BCUT2D eigenvalue weighted by molar-refractivity contribution is -0.00834. The van der Waals surface area contributed by atoms with Crippen molar-refractivity contribution in [3.8, 4) is 0 Å². The fraction of sp³-hybridized carbons (Fsp3) is 0.333. The van der Waals surface area contributed by atoms with Gasteiger partial charge in [-0.25, -0.2) is 0 Å². The number of rotatable bonds is 5. The topological polar surface area (TPSA) is 54.7 Å². The maximum Gasteiger partial charge on any atom is 0.194 e. The van der Waals surface area contributed by atoms with Crippen molar-refractivity contribution in [1.29, 1.82) is 0 Å². The quantitative estimate of drug-likeness (QED) is 0.524. The first kappa shape index (κ1) is 20.2. The molecule has 6 nitrogen and oxygen atoms in total. The number of aryl methyl sites for hydroxylation is 1. The van der Waals surface area contributed by atoms with Crippen LogP contribution in [0.5, 0.6) is 0 Å². The van der Waals surface area contributed by atoms with Gasteiger partial charge in [0.1, 0.15) is 6.10 Å². The van der Waals surface area contributed by atoms with Crippen molar-refractivity contribution in [1.82, 2.24) is 20.0 Å². The molecule has 1 fully saturated rings. The van der Waals surface area contributed by atoms with Gasteiger partial charge in [0.25, 0.3) is 0 Å². The molecule has 0 radical (unpaired) electrons. The van der Waals surface area contributed by atoms with Crippen molar-refractivity contribution in [3.63, 3.8) is 0 Å². The molecule has 0 amide bonds. The third-order valence-corrected chi connectivity index (χ3v) is 5.56. The van der Waals surface area contributed by atoms with Gasteiger partial charge in [0, 0.05) is 32.5 Å². The highest BCUT2D eigenvalue weighted by molar-refractivity contribution is 5.80. The number of aromatic nitrogens is 2. The van der Waals surface area contributed by atoms with E-state index >= 15 is 0 Å². The van der Waals surface area contributed by atoms with Gasteiger partial charge in [0.2, 0.25) is 0 Å². The third-order valence-electron chi connectivity index (χ3n) is 5.56. The Labute approximate surface area is 178 Å². The molecule has 2 aromatic carbocycles. The van der Waals surface area contributed by atoms with Crippen molar-refractivity contribution < 1.29 is 4.74 Å². The Morgan fingerprint density at radius 2 is 1.93 bits per heavy atom. The Balaban J connectivity index is 1.42. The van der Waals surface area contributed by atoms with E-state index in [4.69, 9.17) is 4.74 Å². The second-order valence-corrected chi connectivity index (χ2v) is 7.54. The molecule has 0 aliphatic carbocycles. The van der Waals surface area contributed by atoms with Crippen LogP contribution in [-0.2, 0) is 17.8 Å². The first-order chi connectivity index (χ1) is 14.7. The summed E-state index contributed by atoms with van der Waals surface area (Å²) in [6.07, 6.45) is 3.86. The molecule has 4 rings (SSSR count).